The number of ether oxygens (including phenoxy) is 1. The second-order valence-electron chi connectivity index (χ2n) is 6.00. The second-order valence-corrected chi connectivity index (χ2v) is 6.00. The van der Waals surface area contributed by atoms with Gasteiger partial charge in [-0.15, -0.1) is 0 Å². The number of amides is 1. The van der Waals surface area contributed by atoms with E-state index in [0.717, 1.165) is 0 Å². The van der Waals surface area contributed by atoms with Crippen LogP contribution in [0.5, 0.6) is 5.75 Å². The van der Waals surface area contributed by atoms with Crippen molar-refractivity contribution in [3.05, 3.63) is 48.2 Å². The summed E-state index contributed by atoms with van der Waals surface area (Å²) < 4.78 is 5.33. The van der Waals surface area contributed by atoms with Crippen molar-refractivity contribution in [2.75, 3.05) is 13.7 Å². The maximum atomic E-state index is 12.3. The van der Waals surface area contributed by atoms with Crippen molar-refractivity contribution in [2.24, 2.45) is 5.41 Å². The molecule has 1 heterocycles. The van der Waals surface area contributed by atoms with Crippen LogP contribution < -0.4 is 10.1 Å². The Labute approximate surface area is 140 Å². The number of carboxylic acids is 1. The number of nitrogens with zero attached hydrogens (tertiary/aromatic N) is 1. The first-order valence-corrected chi connectivity index (χ1v) is 7.46. The van der Waals surface area contributed by atoms with Gasteiger partial charge in [0.05, 0.1) is 18.2 Å². The first-order valence-electron chi connectivity index (χ1n) is 7.46. The zero-order valence-corrected chi connectivity index (χ0v) is 13.9. The summed E-state index contributed by atoms with van der Waals surface area (Å²) in [6.45, 7) is 3.15. The highest BCUT2D eigenvalue weighted by atomic mass is 16.5. The Hall–Kier alpha value is -2.89. The number of methoxy groups -OCH3 is 1. The number of nitrogens with one attached hydrogen (secondary N) is 1. The highest BCUT2D eigenvalue weighted by Crippen LogP contribution is 2.29. The number of benzene rings is 1. The van der Waals surface area contributed by atoms with Gasteiger partial charge < -0.3 is 15.2 Å². The number of aliphatic carboxylic acids is 1. The lowest BCUT2D eigenvalue weighted by atomic mass is 9.94. The third-order valence-electron chi connectivity index (χ3n) is 3.67. The molecule has 6 nitrogen and oxygen atoms in total. The Kier molecular flexibility index (Phi) is 5.18. The molecule has 1 amide bonds. The lowest BCUT2D eigenvalue weighted by Gasteiger charge is -2.19. The van der Waals surface area contributed by atoms with Gasteiger partial charge in [0.25, 0.3) is 5.91 Å². The van der Waals surface area contributed by atoms with Gasteiger partial charge in [0.15, 0.2) is 0 Å². The van der Waals surface area contributed by atoms with Crippen LogP contribution in [0.25, 0.3) is 11.3 Å². The minimum atomic E-state index is -1.04. The fourth-order valence-corrected chi connectivity index (χ4v) is 2.05. The fourth-order valence-electron chi connectivity index (χ4n) is 2.05. The van der Waals surface area contributed by atoms with Gasteiger partial charge in [0, 0.05) is 23.9 Å². The van der Waals surface area contributed by atoms with E-state index in [0.29, 0.717) is 22.6 Å². The lowest BCUT2D eigenvalue weighted by molar-refractivity contribution is -0.146. The van der Waals surface area contributed by atoms with Crippen molar-refractivity contribution in [1.29, 1.82) is 0 Å². The van der Waals surface area contributed by atoms with Crippen LogP contribution in [-0.2, 0) is 4.79 Å². The number of pyridine rings is 1. The van der Waals surface area contributed by atoms with E-state index in [1.165, 1.54) is 0 Å². The van der Waals surface area contributed by atoms with Crippen LogP contribution >= 0.6 is 0 Å². The predicted molar refractivity (Wildman–Crippen MR) is 90.0 cm³/mol. The Balaban J connectivity index is 2.26. The van der Waals surface area contributed by atoms with E-state index < -0.39 is 11.4 Å². The SMILES string of the molecule is COc1ccc(C(=O)NCC(C)(C)C(=O)O)cc1-c1ccccn1. The van der Waals surface area contributed by atoms with Gasteiger partial charge in [-0.3, -0.25) is 14.6 Å². The highest BCUT2D eigenvalue weighted by molar-refractivity contribution is 5.96. The van der Waals surface area contributed by atoms with Crippen molar-refractivity contribution in [1.82, 2.24) is 10.3 Å². The van der Waals surface area contributed by atoms with Crippen molar-refractivity contribution in [2.45, 2.75) is 13.8 Å². The summed E-state index contributed by atoms with van der Waals surface area (Å²) in [5.41, 5.74) is 0.766. The molecule has 2 aromatic rings. The molecule has 0 radical (unpaired) electrons. The summed E-state index contributed by atoms with van der Waals surface area (Å²) in [5, 5.41) is 11.8. The van der Waals surface area contributed by atoms with Crippen LogP contribution in [0.3, 0.4) is 0 Å². The molecule has 0 atom stereocenters. The van der Waals surface area contributed by atoms with Crippen LogP contribution in [0.15, 0.2) is 42.6 Å². The fraction of sp³-hybridized carbons (Fsp3) is 0.278. The number of carboxylic acid groups (broad SMARTS) is 1. The van der Waals surface area contributed by atoms with Crippen LogP contribution in [0.1, 0.15) is 24.2 Å². The number of carbonyl (C=O) groups is 2. The molecule has 0 unspecified atom stereocenters. The molecule has 24 heavy (non-hydrogen) atoms. The zero-order chi connectivity index (χ0) is 17.7. The molecular formula is C18H20N2O4. The maximum absolute atomic E-state index is 12.3. The maximum Gasteiger partial charge on any atom is 0.310 e. The Morgan fingerprint density at radius 1 is 1.25 bits per heavy atom. The van der Waals surface area contributed by atoms with Gasteiger partial charge in [-0.2, -0.15) is 0 Å². The molecule has 0 saturated heterocycles. The molecule has 126 valence electrons. The van der Waals surface area contributed by atoms with Crippen molar-refractivity contribution < 1.29 is 19.4 Å². The number of hydrogen-bond acceptors (Lipinski definition) is 4. The van der Waals surface area contributed by atoms with Crippen LogP contribution in [-0.4, -0.2) is 35.6 Å². The van der Waals surface area contributed by atoms with Gasteiger partial charge in [0.1, 0.15) is 5.75 Å². The van der Waals surface area contributed by atoms with Crippen molar-refractivity contribution in [3.63, 3.8) is 0 Å². The molecule has 1 aromatic heterocycles. The number of carbonyl (C=O) groups excluding carboxylic acids is 1. The Morgan fingerprint density at radius 2 is 2.00 bits per heavy atom. The summed E-state index contributed by atoms with van der Waals surface area (Å²) >= 11 is 0. The average molecular weight is 328 g/mol. The van der Waals surface area contributed by atoms with Crippen molar-refractivity contribution in [3.8, 4) is 17.0 Å². The minimum Gasteiger partial charge on any atom is -0.496 e. The highest BCUT2D eigenvalue weighted by Gasteiger charge is 2.27. The van der Waals surface area contributed by atoms with E-state index in [1.54, 1.807) is 51.4 Å². The van der Waals surface area contributed by atoms with Crippen molar-refractivity contribution >= 4 is 11.9 Å². The lowest BCUT2D eigenvalue weighted by Crippen LogP contribution is -2.38. The van der Waals surface area contributed by atoms with Gasteiger partial charge in [0.2, 0.25) is 0 Å². The largest absolute Gasteiger partial charge is 0.496 e. The first kappa shape index (κ1) is 17.5. The van der Waals surface area contributed by atoms with Gasteiger partial charge in [-0.25, -0.2) is 0 Å². The van der Waals surface area contributed by atoms with E-state index >= 15 is 0 Å². The molecule has 2 N–H and O–H groups in total. The van der Waals surface area contributed by atoms with E-state index in [9.17, 15) is 9.59 Å². The average Bonchev–Trinajstić information content (AvgIpc) is 2.59. The molecule has 0 fully saturated rings. The summed E-state index contributed by atoms with van der Waals surface area (Å²) in [7, 11) is 1.55. The van der Waals surface area contributed by atoms with Crippen LogP contribution in [0.4, 0.5) is 0 Å². The molecule has 0 saturated carbocycles. The normalized spacial score (nSPS) is 11.0. The molecule has 0 aliphatic carbocycles. The summed E-state index contributed by atoms with van der Waals surface area (Å²) in [5.74, 6) is -0.702. The molecule has 2 rings (SSSR count). The van der Waals surface area contributed by atoms with Crippen LogP contribution in [0, 0.1) is 5.41 Å². The molecule has 0 aliphatic rings. The van der Waals surface area contributed by atoms with Gasteiger partial charge in [-0.1, -0.05) is 6.07 Å². The van der Waals surface area contributed by atoms with E-state index in [-0.39, 0.29) is 12.5 Å². The number of aromatic nitrogens is 1. The molecule has 1 aromatic carbocycles. The molecule has 6 heteroatoms. The standard InChI is InChI=1S/C18H20N2O4/c1-18(2,17(22)23)11-20-16(21)12-7-8-15(24-3)13(10-12)14-6-4-5-9-19-14/h4-10H,11H2,1-3H3,(H,20,21)(H,22,23). The third-order valence-corrected chi connectivity index (χ3v) is 3.67. The summed E-state index contributed by atoms with van der Waals surface area (Å²) in [6, 6.07) is 10.5. The molecule has 0 aliphatic heterocycles. The quantitative estimate of drug-likeness (QED) is 0.851. The minimum absolute atomic E-state index is 0.0338. The predicted octanol–water partition coefficient (Wildman–Crippen LogP) is 2.60. The first-order chi connectivity index (χ1) is 11.3. The molecule has 0 spiro atoms. The second kappa shape index (κ2) is 7.12. The Morgan fingerprint density at radius 3 is 2.58 bits per heavy atom. The topological polar surface area (TPSA) is 88.5 Å². The number of hydrogen-bond donors (Lipinski definition) is 2. The van der Waals surface area contributed by atoms with Gasteiger partial charge >= 0.3 is 5.97 Å². The number of rotatable bonds is 6. The molecule has 0 bridgehead atoms. The van der Waals surface area contributed by atoms with E-state index in [1.807, 2.05) is 12.1 Å². The van der Waals surface area contributed by atoms with Gasteiger partial charge in [-0.05, 0) is 44.2 Å². The summed E-state index contributed by atoms with van der Waals surface area (Å²) in [6.07, 6.45) is 1.66. The monoisotopic (exact) mass is 328 g/mol. The van der Waals surface area contributed by atoms with E-state index in [2.05, 4.69) is 10.3 Å². The summed E-state index contributed by atoms with van der Waals surface area (Å²) in [4.78, 5) is 27.7. The van der Waals surface area contributed by atoms with E-state index in [4.69, 9.17) is 9.84 Å². The zero-order valence-electron chi connectivity index (χ0n) is 13.9. The smallest absolute Gasteiger partial charge is 0.310 e. The third kappa shape index (κ3) is 3.90. The Bertz CT molecular complexity index is 742. The molecular weight excluding hydrogens is 308 g/mol. The van der Waals surface area contributed by atoms with Crippen LogP contribution in [0.2, 0.25) is 0 Å².